The number of carboxylic acid groups (broad SMARTS) is 1. The number of piperidine rings is 1. The van der Waals surface area contributed by atoms with Crippen molar-refractivity contribution in [2.24, 2.45) is 5.41 Å². The van der Waals surface area contributed by atoms with E-state index in [2.05, 4.69) is 5.10 Å². The first-order chi connectivity index (χ1) is 14.5. The third-order valence-electron chi connectivity index (χ3n) is 5.36. The van der Waals surface area contributed by atoms with E-state index in [1.165, 1.54) is 17.0 Å². The number of hydrogen-bond acceptors (Lipinski definition) is 5. The van der Waals surface area contributed by atoms with E-state index in [0.29, 0.717) is 30.1 Å². The van der Waals surface area contributed by atoms with E-state index in [-0.39, 0.29) is 34.0 Å². The van der Waals surface area contributed by atoms with Gasteiger partial charge in [-0.25, -0.2) is 4.79 Å². The summed E-state index contributed by atoms with van der Waals surface area (Å²) in [5.41, 5.74) is -0.141. The maximum atomic E-state index is 12.7. The molecule has 1 aromatic carbocycles. The molecule has 10 heteroatoms. The third kappa shape index (κ3) is 5.14. The first-order valence-corrected chi connectivity index (χ1v) is 10.6. The second-order valence-electron chi connectivity index (χ2n) is 8.58. The SMILES string of the molecule is CC(C)(C)C1CC(Oc2cc(=O)n(-c3ccc(Cl)c(Cl)c3)nc2CO)CCN1C(=O)O. The van der Waals surface area contributed by atoms with Crippen molar-refractivity contribution in [2.75, 3.05) is 6.54 Å². The van der Waals surface area contributed by atoms with Crippen molar-refractivity contribution in [1.29, 1.82) is 0 Å². The van der Waals surface area contributed by atoms with Gasteiger partial charge in [0.1, 0.15) is 11.8 Å². The van der Waals surface area contributed by atoms with Gasteiger partial charge in [0.2, 0.25) is 0 Å². The average Bonchev–Trinajstić information content (AvgIpc) is 2.69. The summed E-state index contributed by atoms with van der Waals surface area (Å²) < 4.78 is 7.16. The second kappa shape index (κ2) is 9.06. The molecule has 1 aliphatic rings. The van der Waals surface area contributed by atoms with E-state index in [0.717, 1.165) is 4.68 Å². The summed E-state index contributed by atoms with van der Waals surface area (Å²) in [5, 5.41) is 24.2. The van der Waals surface area contributed by atoms with Gasteiger partial charge in [-0.1, -0.05) is 44.0 Å². The largest absolute Gasteiger partial charge is 0.488 e. The standard InChI is InChI=1S/C21H25Cl2N3O5/c1-21(2,3)18-9-13(6-7-25(18)20(29)30)31-17-10-19(28)26(24-16(17)11-27)12-4-5-14(22)15(23)8-12/h4-5,8,10,13,18,27H,6-7,9,11H2,1-3H3,(H,29,30). The Kier molecular flexibility index (Phi) is 6.83. The first kappa shape index (κ1) is 23.4. The van der Waals surface area contributed by atoms with Crippen molar-refractivity contribution in [1.82, 2.24) is 14.7 Å². The number of amides is 1. The highest BCUT2D eigenvalue weighted by Gasteiger charge is 2.39. The maximum Gasteiger partial charge on any atom is 0.407 e. The summed E-state index contributed by atoms with van der Waals surface area (Å²) in [4.78, 5) is 25.7. The lowest BCUT2D eigenvalue weighted by molar-refractivity contribution is 0.0121. The van der Waals surface area contributed by atoms with Crippen LogP contribution in [0.4, 0.5) is 4.79 Å². The molecular formula is C21H25Cl2N3O5. The molecule has 0 spiro atoms. The number of carbonyl (C=O) groups is 1. The highest BCUT2D eigenvalue weighted by Crippen LogP contribution is 2.34. The van der Waals surface area contributed by atoms with Gasteiger partial charge in [0.25, 0.3) is 5.56 Å². The molecule has 1 fully saturated rings. The quantitative estimate of drug-likeness (QED) is 0.701. The molecule has 1 amide bonds. The molecule has 1 aromatic heterocycles. The van der Waals surface area contributed by atoms with Crippen LogP contribution < -0.4 is 10.3 Å². The molecule has 168 valence electrons. The molecule has 0 bridgehead atoms. The van der Waals surface area contributed by atoms with E-state index in [1.54, 1.807) is 12.1 Å². The Morgan fingerprint density at radius 2 is 1.97 bits per heavy atom. The minimum atomic E-state index is -0.958. The van der Waals surface area contributed by atoms with Crippen LogP contribution in [0, 0.1) is 5.41 Å². The molecule has 2 aromatic rings. The lowest BCUT2D eigenvalue weighted by Gasteiger charge is -2.44. The van der Waals surface area contributed by atoms with E-state index >= 15 is 0 Å². The van der Waals surface area contributed by atoms with E-state index in [1.807, 2.05) is 20.8 Å². The van der Waals surface area contributed by atoms with E-state index in [9.17, 15) is 19.8 Å². The predicted molar refractivity (Wildman–Crippen MR) is 117 cm³/mol. The van der Waals surface area contributed by atoms with Gasteiger partial charge in [0.05, 0.1) is 22.3 Å². The smallest absolute Gasteiger partial charge is 0.407 e. The van der Waals surface area contributed by atoms with Crippen LogP contribution in [-0.2, 0) is 6.61 Å². The molecule has 2 N–H and O–H groups in total. The van der Waals surface area contributed by atoms with Crippen LogP contribution in [0.15, 0.2) is 29.1 Å². The summed E-state index contributed by atoms with van der Waals surface area (Å²) in [6, 6.07) is 5.69. The number of halogens is 2. The number of nitrogens with zero attached hydrogens (tertiary/aromatic N) is 3. The summed E-state index contributed by atoms with van der Waals surface area (Å²) in [6.45, 7) is 5.83. The lowest BCUT2D eigenvalue weighted by atomic mass is 9.80. The Morgan fingerprint density at radius 1 is 1.26 bits per heavy atom. The number of likely N-dealkylation sites (tertiary alicyclic amines) is 1. The molecule has 1 aliphatic heterocycles. The van der Waals surface area contributed by atoms with Gasteiger partial charge in [-0.2, -0.15) is 9.78 Å². The zero-order valence-electron chi connectivity index (χ0n) is 17.5. The zero-order chi connectivity index (χ0) is 22.9. The number of aromatic nitrogens is 2. The highest BCUT2D eigenvalue weighted by atomic mass is 35.5. The molecule has 3 rings (SSSR count). The van der Waals surface area contributed by atoms with Crippen LogP contribution in [-0.4, -0.2) is 49.7 Å². The Labute approximate surface area is 190 Å². The molecule has 2 unspecified atom stereocenters. The van der Waals surface area contributed by atoms with Gasteiger partial charge in [-0.3, -0.25) is 4.79 Å². The molecule has 1 saturated heterocycles. The average molecular weight is 470 g/mol. The number of aliphatic hydroxyl groups is 1. The van der Waals surface area contributed by atoms with Crippen molar-refractivity contribution in [2.45, 2.75) is 52.4 Å². The van der Waals surface area contributed by atoms with Gasteiger partial charge in [0.15, 0.2) is 5.75 Å². The van der Waals surface area contributed by atoms with Crippen LogP contribution in [0.2, 0.25) is 10.0 Å². The number of ether oxygens (including phenoxy) is 1. The molecule has 8 nitrogen and oxygen atoms in total. The molecule has 0 radical (unpaired) electrons. The molecular weight excluding hydrogens is 445 g/mol. The maximum absolute atomic E-state index is 12.7. The second-order valence-corrected chi connectivity index (χ2v) is 9.40. The number of rotatable bonds is 4. The van der Waals surface area contributed by atoms with Crippen LogP contribution in [0.5, 0.6) is 5.75 Å². The van der Waals surface area contributed by atoms with Crippen LogP contribution in [0.25, 0.3) is 5.69 Å². The number of hydrogen-bond donors (Lipinski definition) is 2. The van der Waals surface area contributed by atoms with E-state index < -0.39 is 18.3 Å². The summed E-state index contributed by atoms with van der Waals surface area (Å²) in [7, 11) is 0. The van der Waals surface area contributed by atoms with Gasteiger partial charge >= 0.3 is 6.09 Å². The van der Waals surface area contributed by atoms with Crippen LogP contribution in [0.3, 0.4) is 0 Å². The van der Waals surface area contributed by atoms with Crippen molar-refractivity contribution in [3.63, 3.8) is 0 Å². The normalized spacial score (nSPS) is 19.4. The first-order valence-electron chi connectivity index (χ1n) is 9.87. The fraction of sp³-hybridized carbons (Fsp3) is 0.476. The summed E-state index contributed by atoms with van der Waals surface area (Å²) in [6.07, 6.45) is -0.330. The zero-order valence-corrected chi connectivity index (χ0v) is 19.0. The summed E-state index contributed by atoms with van der Waals surface area (Å²) in [5.74, 6) is 0.185. The predicted octanol–water partition coefficient (Wildman–Crippen LogP) is 3.97. The van der Waals surface area contributed by atoms with Crippen molar-refractivity contribution < 1.29 is 19.7 Å². The molecule has 2 atom stereocenters. The number of aliphatic hydroxyl groups excluding tert-OH is 1. The van der Waals surface area contributed by atoms with Crippen molar-refractivity contribution in [3.05, 3.63) is 50.4 Å². The van der Waals surface area contributed by atoms with Gasteiger partial charge in [-0.05, 0) is 23.6 Å². The van der Waals surface area contributed by atoms with Crippen molar-refractivity contribution >= 4 is 29.3 Å². The van der Waals surface area contributed by atoms with Crippen molar-refractivity contribution in [3.8, 4) is 11.4 Å². The van der Waals surface area contributed by atoms with Gasteiger partial charge in [0, 0.05) is 31.5 Å². The molecule has 0 aliphatic carbocycles. The minimum absolute atomic E-state index is 0.185. The Bertz CT molecular complexity index is 1030. The van der Waals surface area contributed by atoms with E-state index in [4.69, 9.17) is 27.9 Å². The Hall–Kier alpha value is -2.29. The topological polar surface area (TPSA) is 105 Å². The minimum Gasteiger partial charge on any atom is -0.488 e. The highest BCUT2D eigenvalue weighted by molar-refractivity contribution is 6.42. The number of benzene rings is 1. The molecule has 31 heavy (non-hydrogen) atoms. The lowest BCUT2D eigenvalue weighted by Crippen LogP contribution is -2.53. The van der Waals surface area contributed by atoms with Crippen LogP contribution in [0.1, 0.15) is 39.3 Å². The summed E-state index contributed by atoms with van der Waals surface area (Å²) >= 11 is 12.0. The van der Waals surface area contributed by atoms with Crippen LogP contribution >= 0.6 is 23.2 Å². The fourth-order valence-electron chi connectivity index (χ4n) is 3.76. The Balaban J connectivity index is 1.88. The fourth-order valence-corrected chi connectivity index (χ4v) is 4.05. The molecule has 0 saturated carbocycles. The Morgan fingerprint density at radius 3 is 2.55 bits per heavy atom. The monoisotopic (exact) mass is 469 g/mol. The third-order valence-corrected chi connectivity index (χ3v) is 6.10. The van der Waals surface area contributed by atoms with Gasteiger partial charge < -0.3 is 19.8 Å². The molecule has 2 heterocycles. The van der Waals surface area contributed by atoms with Gasteiger partial charge in [-0.15, -0.1) is 0 Å².